The first-order valence-electron chi connectivity index (χ1n) is 3.77. The van der Waals surface area contributed by atoms with E-state index in [4.69, 9.17) is 10.2 Å². The molecule has 0 aliphatic carbocycles. The standard InChI is InChI=1S/C6H15NO5S/c1-12-2-3-13(10,11)7-4-6(9)5-8/h6-9H,2-5H2,1H3. The number of nitrogens with one attached hydrogen (secondary N) is 1. The molecule has 7 heteroatoms. The molecule has 0 aromatic rings. The van der Waals surface area contributed by atoms with E-state index in [9.17, 15) is 8.42 Å². The molecule has 0 aliphatic heterocycles. The number of methoxy groups -OCH3 is 1. The highest BCUT2D eigenvalue weighted by Crippen LogP contribution is 1.86. The Balaban J connectivity index is 3.76. The van der Waals surface area contributed by atoms with Crippen LogP contribution < -0.4 is 4.72 Å². The van der Waals surface area contributed by atoms with Crippen molar-refractivity contribution in [3.05, 3.63) is 0 Å². The van der Waals surface area contributed by atoms with Crippen LogP contribution in [-0.4, -0.2) is 57.4 Å². The van der Waals surface area contributed by atoms with E-state index in [1.54, 1.807) is 0 Å². The number of aliphatic hydroxyl groups is 2. The molecule has 6 nitrogen and oxygen atoms in total. The van der Waals surface area contributed by atoms with E-state index in [2.05, 4.69) is 9.46 Å². The second kappa shape index (κ2) is 6.28. The molecule has 0 fully saturated rings. The molecule has 0 aromatic heterocycles. The SMILES string of the molecule is COCCS(=O)(=O)NCC(O)CO. The number of aliphatic hydroxyl groups excluding tert-OH is 2. The van der Waals surface area contributed by atoms with Crippen LogP contribution in [0.2, 0.25) is 0 Å². The van der Waals surface area contributed by atoms with Gasteiger partial charge in [-0.1, -0.05) is 0 Å². The first kappa shape index (κ1) is 12.8. The van der Waals surface area contributed by atoms with Gasteiger partial charge in [-0.15, -0.1) is 0 Å². The molecule has 0 heterocycles. The summed E-state index contributed by atoms with van der Waals surface area (Å²) < 4.78 is 28.8. The summed E-state index contributed by atoms with van der Waals surface area (Å²) in [7, 11) is -1.99. The molecule has 1 unspecified atom stereocenters. The lowest BCUT2D eigenvalue weighted by molar-refractivity contribution is 0.0987. The van der Waals surface area contributed by atoms with Crippen molar-refractivity contribution in [2.45, 2.75) is 6.10 Å². The van der Waals surface area contributed by atoms with Crippen molar-refractivity contribution < 1.29 is 23.4 Å². The third kappa shape index (κ3) is 6.91. The number of sulfonamides is 1. The van der Waals surface area contributed by atoms with E-state index in [-0.39, 0.29) is 18.9 Å². The van der Waals surface area contributed by atoms with Gasteiger partial charge in [0.1, 0.15) is 0 Å². The van der Waals surface area contributed by atoms with Crippen LogP contribution in [0.25, 0.3) is 0 Å². The Hall–Kier alpha value is -0.210. The Morgan fingerprint density at radius 2 is 2.15 bits per heavy atom. The van der Waals surface area contributed by atoms with Gasteiger partial charge in [0, 0.05) is 13.7 Å². The Kier molecular flexibility index (Phi) is 6.17. The molecule has 0 aromatic carbocycles. The largest absolute Gasteiger partial charge is 0.394 e. The minimum Gasteiger partial charge on any atom is -0.394 e. The number of ether oxygens (including phenoxy) is 1. The van der Waals surface area contributed by atoms with Gasteiger partial charge in [0.15, 0.2) is 0 Å². The Labute approximate surface area is 77.6 Å². The first-order valence-corrected chi connectivity index (χ1v) is 5.42. The summed E-state index contributed by atoms with van der Waals surface area (Å²) in [6, 6.07) is 0. The second-order valence-electron chi connectivity index (χ2n) is 2.50. The summed E-state index contributed by atoms with van der Waals surface area (Å²) >= 11 is 0. The molecule has 0 rings (SSSR count). The molecule has 0 bridgehead atoms. The topological polar surface area (TPSA) is 95.9 Å². The van der Waals surface area contributed by atoms with E-state index in [1.807, 2.05) is 0 Å². The van der Waals surface area contributed by atoms with Crippen LogP contribution in [0.1, 0.15) is 0 Å². The van der Waals surface area contributed by atoms with Gasteiger partial charge >= 0.3 is 0 Å². The fraction of sp³-hybridized carbons (Fsp3) is 1.00. The van der Waals surface area contributed by atoms with Crippen LogP contribution in [0.4, 0.5) is 0 Å². The highest BCUT2D eigenvalue weighted by atomic mass is 32.2. The Morgan fingerprint density at radius 3 is 2.62 bits per heavy atom. The average molecular weight is 213 g/mol. The monoisotopic (exact) mass is 213 g/mol. The Morgan fingerprint density at radius 1 is 1.54 bits per heavy atom. The van der Waals surface area contributed by atoms with Crippen molar-refractivity contribution in [2.24, 2.45) is 0 Å². The molecule has 0 saturated carbocycles. The van der Waals surface area contributed by atoms with Gasteiger partial charge in [0.2, 0.25) is 10.0 Å². The second-order valence-corrected chi connectivity index (χ2v) is 4.42. The van der Waals surface area contributed by atoms with Gasteiger partial charge in [0.05, 0.1) is 25.1 Å². The van der Waals surface area contributed by atoms with Gasteiger partial charge < -0.3 is 14.9 Å². The smallest absolute Gasteiger partial charge is 0.213 e. The fourth-order valence-electron chi connectivity index (χ4n) is 0.553. The van der Waals surface area contributed by atoms with E-state index in [1.165, 1.54) is 7.11 Å². The molecule has 0 spiro atoms. The normalized spacial score (nSPS) is 14.4. The van der Waals surface area contributed by atoms with Crippen LogP contribution in [0, 0.1) is 0 Å². The van der Waals surface area contributed by atoms with Gasteiger partial charge in [-0.25, -0.2) is 13.1 Å². The highest BCUT2D eigenvalue weighted by molar-refractivity contribution is 7.89. The minimum absolute atomic E-state index is 0.102. The third-order valence-corrected chi connectivity index (χ3v) is 2.62. The van der Waals surface area contributed by atoms with Crippen LogP contribution in [0.3, 0.4) is 0 Å². The molecule has 0 saturated heterocycles. The van der Waals surface area contributed by atoms with Crippen molar-refractivity contribution in [3.8, 4) is 0 Å². The highest BCUT2D eigenvalue weighted by Gasteiger charge is 2.11. The summed E-state index contributed by atoms with van der Waals surface area (Å²) in [6.45, 7) is -0.542. The predicted molar refractivity (Wildman–Crippen MR) is 46.8 cm³/mol. The molecule has 0 aliphatic rings. The van der Waals surface area contributed by atoms with Crippen molar-refractivity contribution in [3.63, 3.8) is 0 Å². The number of hydrogen-bond acceptors (Lipinski definition) is 5. The van der Waals surface area contributed by atoms with Crippen LogP contribution >= 0.6 is 0 Å². The summed E-state index contributed by atoms with van der Waals surface area (Å²) in [5.41, 5.74) is 0. The zero-order chi connectivity index (χ0) is 10.3. The maximum Gasteiger partial charge on any atom is 0.213 e. The van der Waals surface area contributed by atoms with Crippen molar-refractivity contribution >= 4 is 10.0 Å². The van der Waals surface area contributed by atoms with Gasteiger partial charge in [-0.2, -0.15) is 0 Å². The lowest BCUT2D eigenvalue weighted by atomic mass is 10.4. The third-order valence-electron chi connectivity index (χ3n) is 1.31. The number of hydrogen-bond donors (Lipinski definition) is 3. The summed E-state index contributed by atoms with van der Waals surface area (Å²) in [6.07, 6.45) is -1.06. The zero-order valence-electron chi connectivity index (χ0n) is 7.43. The Bertz CT molecular complexity index is 215. The zero-order valence-corrected chi connectivity index (χ0v) is 8.25. The van der Waals surface area contributed by atoms with Gasteiger partial charge in [-0.3, -0.25) is 0 Å². The van der Waals surface area contributed by atoms with Crippen molar-refractivity contribution in [1.29, 1.82) is 0 Å². The van der Waals surface area contributed by atoms with Crippen LogP contribution in [-0.2, 0) is 14.8 Å². The quantitative estimate of drug-likeness (QED) is 0.450. The van der Waals surface area contributed by atoms with E-state index >= 15 is 0 Å². The van der Waals surface area contributed by atoms with Crippen molar-refractivity contribution in [2.75, 3.05) is 32.6 Å². The molecule has 0 radical (unpaired) electrons. The maximum atomic E-state index is 11.0. The van der Waals surface area contributed by atoms with Crippen LogP contribution in [0.15, 0.2) is 0 Å². The molecule has 3 N–H and O–H groups in total. The molecule has 0 amide bonds. The molecule has 13 heavy (non-hydrogen) atoms. The molecular formula is C6H15NO5S. The lowest BCUT2D eigenvalue weighted by Crippen LogP contribution is -2.36. The molecular weight excluding hydrogens is 198 g/mol. The summed E-state index contributed by atoms with van der Waals surface area (Å²) in [5.74, 6) is -0.151. The average Bonchev–Trinajstić information content (AvgIpc) is 2.11. The molecule has 80 valence electrons. The maximum absolute atomic E-state index is 11.0. The van der Waals surface area contributed by atoms with Crippen molar-refractivity contribution in [1.82, 2.24) is 4.72 Å². The summed E-state index contributed by atoms with van der Waals surface area (Å²) in [4.78, 5) is 0. The lowest BCUT2D eigenvalue weighted by Gasteiger charge is -2.08. The minimum atomic E-state index is -3.40. The predicted octanol–water partition coefficient (Wildman–Crippen LogP) is -2.09. The first-order chi connectivity index (χ1) is 6.02. The van der Waals surface area contributed by atoms with Gasteiger partial charge in [0.25, 0.3) is 0 Å². The van der Waals surface area contributed by atoms with E-state index < -0.39 is 22.7 Å². The molecule has 1 atom stereocenters. The number of rotatable bonds is 7. The van der Waals surface area contributed by atoms with Crippen LogP contribution in [0.5, 0.6) is 0 Å². The summed E-state index contributed by atoms with van der Waals surface area (Å²) in [5, 5.41) is 17.2. The van der Waals surface area contributed by atoms with E-state index in [0.29, 0.717) is 0 Å². The van der Waals surface area contributed by atoms with Gasteiger partial charge in [-0.05, 0) is 0 Å². The fourth-order valence-corrected chi connectivity index (χ4v) is 1.53. The van der Waals surface area contributed by atoms with E-state index in [0.717, 1.165) is 0 Å².